The summed E-state index contributed by atoms with van der Waals surface area (Å²) in [6.45, 7) is 2.55. The van der Waals surface area contributed by atoms with E-state index in [1.807, 2.05) is 30.3 Å². The van der Waals surface area contributed by atoms with Crippen molar-refractivity contribution in [2.75, 3.05) is 6.79 Å². The first kappa shape index (κ1) is 19.3. The fourth-order valence-electron chi connectivity index (χ4n) is 3.82. The summed E-state index contributed by atoms with van der Waals surface area (Å²) in [6, 6.07) is 20.3. The average molecular weight is 439 g/mol. The molecule has 0 unspecified atom stereocenters. The molecule has 0 saturated heterocycles. The van der Waals surface area contributed by atoms with E-state index in [4.69, 9.17) is 32.7 Å². The molecular formula is C24H20Cl2N2O2. The van der Waals surface area contributed by atoms with E-state index in [0.717, 1.165) is 36.7 Å². The van der Waals surface area contributed by atoms with Gasteiger partial charge in [-0.1, -0.05) is 53.5 Å². The van der Waals surface area contributed by atoms with Crippen molar-refractivity contribution in [1.29, 1.82) is 0 Å². The predicted octanol–water partition coefficient (Wildman–Crippen LogP) is 6.01. The van der Waals surface area contributed by atoms with Crippen molar-refractivity contribution >= 4 is 34.1 Å². The van der Waals surface area contributed by atoms with Crippen molar-refractivity contribution in [1.82, 2.24) is 9.88 Å². The molecule has 2 heterocycles. The number of hydrogen-bond acceptors (Lipinski definition) is 3. The minimum absolute atomic E-state index is 0.296. The van der Waals surface area contributed by atoms with Crippen molar-refractivity contribution < 1.29 is 9.47 Å². The molecule has 1 aliphatic rings. The van der Waals surface area contributed by atoms with Crippen LogP contribution in [0, 0.1) is 0 Å². The van der Waals surface area contributed by atoms with Crippen LogP contribution in [0.3, 0.4) is 0 Å². The van der Waals surface area contributed by atoms with Gasteiger partial charge in [-0.3, -0.25) is 0 Å². The SMILES string of the molecule is Clc1ccc(Cn2cc(CNCc3ccc4c(c3)OCO4)c3ccccc32)cc1Cl. The molecule has 1 N–H and O–H groups in total. The molecule has 30 heavy (non-hydrogen) atoms. The van der Waals surface area contributed by atoms with Crippen LogP contribution in [0.5, 0.6) is 11.5 Å². The maximum Gasteiger partial charge on any atom is 0.231 e. The monoisotopic (exact) mass is 438 g/mol. The standard InChI is InChI=1S/C24H20Cl2N2O2/c25-20-7-5-17(9-21(20)26)13-28-14-18(19-3-1-2-4-22(19)28)12-27-11-16-6-8-23-24(10-16)30-15-29-23/h1-10,14,27H,11-13,15H2. The first-order valence-electron chi connectivity index (χ1n) is 9.77. The smallest absolute Gasteiger partial charge is 0.231 e. The molecule has 0 fully saturated rings. The Balaban J connectivity index is 1.33. The number of nitrogens with one attached hydrogen (secondary N) is 1. The van der Waals surface area contributed by atoms with E-state index in [0.29, 0.717) is 16.8 Å². The highest BCUT2D eigenvalue weighted by atomic mass is 35.5. The summed E-state index contributed by atoms with van der Waals surface area (Å²) in [5.41, 5.74) is 4.73. The third kappa shape index (κ3) is 3.86. The van der Waals surface area contributed by atoms with Crippen molar-refractivity contribution in [3.05, 3.63) is 93.6 Å². The van der Waals surface area contributed by atoms with Gasteiger partial charge in [0.25, 0.3) is 0 Å². The molecule has 6 heteroatoms. The molecule has 1 aliphatic heterocycles. The van der Waals surface area contributed by atoms with Gasteiger partial charge in [0, 0.05) is 36.7 Å². The molecule has 0 atom stereocenters. The summed E-state index contributed by atoms with van der Waals surface area (Å²) in [4.78, 5) is 0. The number of benzene rings is 3. The quantitative estimate of drug-likeness (QED) is 0.399. The van der Waals surface area contributed by atoms with Crippen molar-refractivity contribution in [3.8, 4) is 11.5 Å². The maximum atomic E-state index is 6.20. The molecule has 0 radical (unpaired) electrons. The average Bonchev–Trinajstić information content (AvgIpc) is 3.36. The lowest BCUT2D eigenvalue weighted by molar-refractivity contribution is 0.174. The van der Waals surface area contributed by atoms with Gasteiger partial charge < -0.3 is 19.4 Å². The Labute approximate surface area is 184 Å². The Bertz CT molecular complexity index is 1220. The molecule has 152 valence electrons. The Kier molecular flexibility index (Phi) is 5.30. The maximum absolute atomic E-state index is 6.20. The van der Waals surface area contributed by atoms with Gasteiger partial charge in [0.15, 0.2) is 11.5 Å². The summed E-state index contributed by atoms with van der Waals surface area (Å²) in [6.07, 6.45) is 2.21. The lowest BCUT2D eigenvalue weighted by atomic mass is 10.1. The molecule has 3 aromatic carbocycles. The second kappa shape index (κ2) is 8.23. The normalized spacial score (nSPS) is 12.6. The fourth-order valence-corrected chi connectivity index (χ4v) is 4.14. The van der Waals surface area contributed by atoms with Crippen LogP contribution in [-0.4, -0.2) is 11.4 Å². The van der Waals surface area contributed by atoms with E-state index in [1.165, 1.54) is 22.0 Å². The molecule has 4 nitrogen and oxygen atoms in total. The van der Waals surface area contributed by atoms with Gasteiger partial charge in [0.1, 0.15) is 0 Å². The second-order valence-electron chi connectivity index (χ2n) is 7.34. The van der Waals surface area contributed by atoms with Crippen molar-refractivity contribution in [2.45, 2.75) is 19.6 Å². The lowest BCUT2D eigenvalue weighted by Gasteiger charge is -2.07. The second-order valence-corrected chi connectivity index (χ2v) is 8.15. The molecule has 0 aliphatic carbocycles. The summed E-state index contributed by atoms with van der Waals surface area (Å²) in [7, 11) is 0. The molecule has 5 rings (SSSR count). The Morgan fingerprint density at radius 3 is 2.57 bits per heavy atom. The van der Waals surface area contributed by atoms with Gasteiger partial charge in [-0.05, 0) is 47.0 Å². The predicted molar refractivity (Wildman–Crippen MR) is 121 cm³/mol. The summed E-state index contributed by atoms with van der Waals surface area (Å²) in [5, 5.41) is 5.95. The fraction of sp³-hybridized carbons (Fsp3) is 0.167. The molecule has 0 amide bonds. The molecule has 0 saturated carbocycles. The van der Waals surface area contributed by atoms with Gasteiger partial charge in [-0.2, -0.15) is 0 Å². The number of halogens is 2. The van der Waals surface area contributed by atoms with Crippen LogP contribution in [0.1, 0.15) is 16.7 Å². The molecule has 4 aromatic rings. The lowest BCUT2D eigenvalue weighted by Crippen LogP contribution is -2.12. The zero-order chi connectivity index (χ0) is 20.5. The number of rotatable bonds is 6. The number of ether oxygens (including phenoxy) is 2. The molecule has 0 spiro atoms. The van der Waals surface area contributed by atoms with Crippen LogP contribution < -0.4 is 14.8 Å². The molecule has 0 bridgehead atoms. The van der Waals surface area contributed by atoms with Gasteiger partial charge in [0.05, 0.1) is 10.0 Å². The first-order valence-corrected chi connectivity index (χ1v) is 10.5. The number of para-hydroxylation sites is 1. The van der Waals surface area contributed by atoms with Gasteiger partial charge in [0.2, 0.25) is 6.79 Å². The number of nitrogens with zero attached hydrogens (tertiary/aromatic N) is 1. The van der Waals surface area contributed by atoms with E-state index in [2.05, 4.69) is 46.4 Å². The summed E-state index contributed by atoms with van der Waals surface area (Å²) in [5.74, 6) is 1.62. The first-order chi connectivity index (χ1) is 14.7. The zero-order valence-electron chi connectivity index (χ0n) is 16.2. The van der Waals surface area contributed by atoms with Crippen LogP contribution >= 0.6 is 23.2 Å². The highest BCUT2D eigenvalue weighted by Gasteiger charge is 2.13. The van der Waals surface area contributed by atoms with Gasteiger partial charge in [-0.15, -0.1) is 0 Å². The van der Waals surface area contributed by atoms with Crippen molar-refractivity contribution in [2.24, 2.45) is 0 Å². The van der Waals surface area contributed by atoms with E-state index in [1.54, 1.807) is 0 Å². The number of hydrogen-bond donors (Lipinski definition) is 1. The summed E-state index contributed by atoms with van der Waals surface area (Å²) < 4.78 is 13.1. The summed E-state index contributed by atoms with van der Waals surface area (Å²) >= 11 is 12.3. The minimum atomic E-state index is 0.296. The van der Waals surface area contributed by atoms with E-state index >= 15 is 0 Å². The minimum Gasteiger partial charge on any atom is -0.454 e. The van der Waals surface area contributed by atoms with E-state index in [9.17, 15) is 0 Å². The van der Waals surface area contributed by atoms with Crippen LogP contribution in [-0.2, 0) is 19.6 Å². The van der Waals surface area contributed by atoms with Gasteiger partial charge >= 0.3 is 0 Å². The third-order valence-electron chi connectivity index (χ3n) is 5.29. The molecule has 1 aromatic heterocycles. The van der Waals surface area contributed by atoms with E-state index < -0.39 is 0 Å². The van der Waals surface area contributed by atoms with Crippen LogP contribution in [0.25, 0.3) is 10.9 Å². The van der Waals surface area contributed by atoms with Crippen LogP contribution in [0.2, 0.25) is 10.0 Å². The third-order valence-corrected chi connectivity index (χ3v) is 6.03. The van der Waals surface area contributed by atoms with Crippen LogP contribution in [0.15, 0.2) is 66.9 Å². The Morgan fingerprint density at radius 2 is 1.67 bits per heavy atom. The Hall–Kier alpha value is -2.66. The highest BCUT2D eigenvalue weighted by Crippen LogP contribution is 2.32. The van der Waals surface area contributed by atoms with Gasteiger partial charge in [-0.25, -0.2) is 0 Å². The largest absolute Gasteiger partial charge is 0.454 e. The molecular weight excluding hydrogens is 419 g/mol. The zero-order valence-corrected chi connectivity index (χ0v) is 17.7. The highest BCUT2D eigenvalue weighted by molar-refractivity contribution is 6.42. The topological polar surface area (TPSA) is 35.4 Å². The van der Waals surface area contributed by atoms with E-state index in [-0.39, 0.29) is 0 Å². The number of aromatic nitrogens is 1. The Morgan fingerprint density at radius 1 is 0.833 bits per heavy atom. The van der Waals surface area contributed by atoms with Crippen LogP contribution in [0.4, 0.5) is 0 Å². The van der Waals surface area contributed by atoms with Crippen molar-refractivity contribution in [3.63, 3.8) is 0 Å². The number of fused-ring (bicyclic) bond motifs is 2.